The summed E-state index contributed by atoms with van der Waals surface area (Å²) in [6, 6.07) is 15.4. The molecule has 0 bridgehead atoms. The van der Waals surface area contributed by atoms with Crippen molar-refractivity contribution in [3.8, 4) is 0 Å². The molecule has 0 atom stereocenters. The molecule has 1 N–H and O–H groups in total. The van der Waals surface area contributed by atoms with E-state index in [1.165, 1.54) is 10.2 Å². The Balaban J connectivity index is 1.40. The normalized spacial score (nSPS) is 11.1. The van der Waals surface area contributed by atoms with Gasteiger partial charge in [-0.15, -0.1) is 0 Å². The van der Waals surface area contributed by atoms with Gasteiger partial charge in [0, 0.05) is 29.0 Å². The number of hydrogen-bond donors (Lipinski definition) is 1. The summed E-state index contributed by atoms with van der Waals surface area (Å²) in [5.41, 5.74) is 2.08. The molecule has 4 aromatic rings. The number of aromatic nitrogens is 3. The molecule has 0 aliphatic rings. The number of fused-ring (bicyclic) bond motifs is 2. The highest BCUT2D eigenvalue weighted by molar-refractivity contribution is 5.85. The van der Waals surface area contributed by atoms with E-state index in [-0.39, 0.29) is 18.0 Å². The van der Waals surface area contributed by atoms with Crippen LogP contribution in [0, 0.1) is 6.92 Å². The minimum absolute atomic E-state index is 0.0946. The molecule has 2 aromatic heterocycles. The number of carbonyl (C=O) groups excluding carboxylic acids is 1. The lowest BCUT2D eigenvalue weighted by atomic mass is 10.1. The van der Waals surface area contributed by atoms with Gasteiger partial charge in [0.2, 0.25) is 5.91 Å². The SMILES string of the molecule is Cc1cccc2c1ccn2CC(=O)NCCn1ncc2ccccc2c1=O. The third kappa shape index (κ3) is 3.33. The molecule has 4 rings (SSSR count). The maximum Gasteiger partial charge on any atom is 0.274 e. The van der Waals surface area contributed by atoms with Crippen LogP contribution in [-0.2, 0) is 17.9 Å². The fourth-order valence-electron chi connectivity index (χ4n) is 3.31. The zero-order valence-electron chi connectivity index (χ0n) is 15.1. The van der Waals surface area contributed by atoms with Crippen molar-refractivity contribution in [3.05, 3.63) is 76.8 Å². The lowest BCUT2D eigenvalue weighted by Gasteiger charge is -2.09. The second kappa shape index (κ2) is 7.07. The fraction of sp³-hybridized carbons (Fsp3) is 0.190. The standard InChI is InChI=1S/C21H20N4O2/c1-15-5-4-8-19-17(15)9-11-24(19)14-20(26)22-10-12-25-21(27)18-7-3-2-6-16(18)13-23-25/h2-9,11,13H,10,12,14H2,1H3,(H,22,26). The van der Waals surface area contributed by atoms with Gasteiger partial charge in [-0.2, -0.15) is 5.10 Å². The Morgan fingerprint density at radius 3 is 2.81 bits per heavy atom. The number of carbonyl (C=O) groups is 1. The Kier molecular flexibility index (Phi) is 4.46. The summed E-state index contributed by atoms with van der Waals surface area (Å²) in [6.45, 7) is 2.98. The molecule has 0 saturated heterocycles. The summed E-state index contributed by atoms with van der Waals surface area (Å²) in [5.74, 6) is -0.0946. The highest BCUT2D eigenvalue weighted by Gasteiger charge is 2.08. The van der Waals surface area contributed by atoms with Crippen LogP contribution in [0.5, 0.6) is 0 Å². The number of nitrogens with zero attached hydrogens (tertiary/aromatic N) is 3. The molecule has 0 aliphatic carbocycles. The number of benzene rings is 2. The van der Waals surface area contributed by atoms with Crippen molar-refractivity contribution in [2.24, 2.45) is 0 Å². The molecule has 6 nitrogen and oxygen atoms in total. The Morgan fingerprint density at radius 2 is 1.93 bits per heavy atom. The molecule has 0 fully saturated rings. The van der Waals surface area contributed by atoms with E-state index >= 15 is 0 Å². The summed E-state index contributed by atoms with van der Waals surface area (Å²) in [4.78, 5) is 24.7. The van der Waals surface area contributed by atoms with E-state index in [0.717, 1.165) is 16.3 Å². The van der Waals surface area contributed by atoms with Crippen molar-refractivity contribution in [1.29, 1.82) is 0 Å². The quantitative estimate of drug-likeness (QED) is 0.594. The van der Waals surface area contributed by atoms with Crippen LogP contribution in [0.4, 0.5) is 0 Å². The molecule has 0 spiro atoms. The van der Waals surface area contributed by atoms with E-state index in [0.29, 0.717) is 18.5 Å². The predicted molar refractivity (Wildman–Crippen MR) is 106 cm³/mol. The molecular formula is C21H20N4O2. The van der Waals surface area contributed by atoms with Gasteiger partial charge >= 0.3 is 0 Å². The zero-order valence-corrected chi connectivity index (χ0v) is 15.1. The topological polar surface area (TPSA) is 68.9 Å². The first-order valence-electron chi connectivity index (χ1n) is 8.89. The molecule has 2 heterocycles. The Labute approximate surface area is 156 Å². The fourth-order valence-corrected chi connectivity index (χ4v) is 3.31. The molecule has 27 heavy (non-hydrogen) atoms. The van der Waals surface area contributed by atoms with Crippen molar-refractivity contribution in [2.45, 2.75) is 20.0 Å². The van der Waals surface area contributed by atoms with E-state index in [1.54, 1.807) is 12.3 Å². The predicted octanol–water partition coefficient (Wildman–Crippen LogP) is 2.48. The Morgan fingerprint density at radius 1 is 1.07 bits per heavy atom. The van der Waals surface area contributed by atoms with Gasteiger partial charge in [0.05, 0.1) is 18.1 Å². The van der Waals surface area contributed by atoms with Gasteiger partial charge in [-0.1, -0.05) is 30.3 Å². The molecule has 2 aromatic carbocycles. The van der Waals surface area contributed by atoms with Crippen molar-refractivity contribution in [2.75, 3.05) is 6.54 Å². The maximum absolute atomic E-state index is 12.4. The van der Waals surface area contributed by atoms with E-state index in [9.17, 15) is 9.59 Å². The average Bonchev–Trinajstić information content (AvgIpc) is 3.08. The first-order valence-corrected chi connectivity index (χ1v) is 8.89. The average molecular weight is 360 g/mol. The highest BCUT2D eigenvalue weighted by atomic mass is 16.2. The van der Waals surface area contributed by atoms with Gasteiger partial charge < -0.3 is 9.88 Å². The Hall–Kier alpha value is -3.41. The second-order valence-corrected chi connectivity index (χ2v) is 6.56. The van der Waals surface area contributed by atoms with Gasteiger partial charge in [-0.3, -0.25) is 9.59 Å². The summed E-state index contributed by atoms with van der Waals surface area (Å²) in [6.07, 6.45) is 3.60. The number of aryl methyl sites for hydroxylation is 1. The third-order valence-corrected chi connectivity index (χ3v) is 4.75. The van der Waals surface area contributed by atoms with Crippen molar-refractivity contribution < 1.29 is 4.79 Å². The van der Waals surface area contributed by atoms with E-state index < -0.39 is 0 Å². The molecule has 6 heteroatoms. The van der Waals surface area contributed by atoms with Crippen LogP contribution in [0.3, 0.4) is 0 Å². The van der Waals surface area contributed by atoms with Gasteiger partial charge in [-0.25, -0.2) is 4.68 Å². The lowest BCUT2D eigenvalue weighted by Crippen LogP contribution is -2.33. The Bertz CT molecular complexity index is 1190. The van der Waals surface area contributed by atoms with Crippen LogP contribution in [0.15, 0.2) is 65.7 Å². The minimum atomic E-state index is -0.144. The van der Waals surface area contributed by atoms with E-state index in [2.05, 4.69) is 23.4 Å². The summed E-state index contributed by atoms with van der Waals surface area (Å²) >= 11 is 0. The van der Waals surface area contributed by atoms with Crippen molar-refractivity contribution in [3.63, 3.8) is 0 Å². The van der Waals surface area contributed by atoms with Crippen molar-refractivity contribution in [1.82, 2.24) is 19.7 Å². The number of hydrogen-bond acceptors (Lipinski definition) is 3. The first kappa shape index (κ1) is 17.0. The highest BCUT2D eigenvalue weighted by Crippen LogP contribution is 2.19. The van der Waals surface area contributed by atoms with E-state index in [4.69, 9.17) is 0 Å². The largest absolute Gasteiger partial charge is 0.353 e. The monoisotopic (exact) mass is 360 g/mol. The van der Waals surface area contributed by atoms with E-state index in [1.807, 2.05) is 47.2 Å². The second-order valence-electron chi connectivity index (χ2n) is 6.56. The number of amides is 1. The molecule has 136 valence electrons. The first-order chi connectivity index (χ1) is 13.1. The smallest absolute Gasteiger partial charge is 0.274 e. The number of rotatable bonds is 5. The van der Waals surface area contributed by atoms with Crippen LogP contribution in [-0.4, -0.2) is 26.8 Å². The van der Waals surface area contributed by atoms with Gasteiger partial charge in [0.15, 0.2) is 0 Å². The molecule has 0 radical (unpaired) electrons. The van der Waals surface area contributed by atoms with Crippen LogP contribution in [0.1, 0.15) is 5.56 Å². The number of nitrogens with one attached hydrogen (secondary N) is 1. The maximum atomic E-state index is 12.4. The third-order valence-electron chi connectivity index (χ3n) is 4.75. The van der Waals surface area contributed by atoms with Gasteiger partial charge in [0.25, 0.3) is 5.56 Å². The minimum Gasteiger partial charge on any atom is -0.353 e. The summed E-state index contributed by atoms with van der Waals surface area (Å²) in [5, 5.41) is 9.64. The van der Waals surface area contributed by atoms with Crippen molar-refractivity contribution >= 4 is 27.6 Å². The lowest BCUT2D eigenvalue weighted by molar-refractivity contribution is -0.121. The molecule has 0 saturated carbocycles. The van der Waals surface area contributed by atoms with Crippen LogP contribution in [0.25, 0.3) is 21.7 Å². The summed E-state index contributed by atoms with van der Waals surface area (Å²) in [7, 11) is 0. The van der Waals surface area contributed by atoms with Gasteiger partial charge in [0.1, 0.15) is 6.54 Å². The van der Waals surface area contributed by atoms with Crippen LogP contribution in [0.2, 0.25) is 0 Å². The molecule has 0 unspecified atom stereocenters. The molecular weight excluding hydrogens is 340 g/mol. The van der Waals surface area contributed by atoms with Crippen LogP contribution >= 0.6 is 0 Å². The zero-order chi connectivity index (χ0) is 18.8. The van der Waals surface area contributed by atoms with Gasteiger partial charge in [-0.05, 0) is 30.7 Å². The summed E-state index contributed by atoms with van der Waals surface area (Å²) < 4.78 is 3.31. The molecule has 1 amide bonds. The van der Waals surface area contributed by atoms with Crippen LogP contribution < -0.4 is 10.9 Å². The molecule has 0 aliphatic heterocycles.